The van der Waals surface area contributed by atoms with E-state index in [1.807, 2.05) is 0 Å². The summed E-state index contributed by atoms with van der Waals surface area (Å²) < 4.78 is 24.8. The lowest BCUT2D eigenvalue weighted by Crippen LogP contribution is -2.34. The molecule has 1 unspecified atom stereocenters. The van der Waals surface area contributed by atoms with Gasteiger partial charge in [-0.3, -0.25) is 0 Å². The molecule has 0 amide bonds. The second-order valence-electron chi connectivity index (χ2n) is 3.70. The maximum absolute atomic E-state index is 11.8. The van der Waals surface area contributed by atoms with Gasteiger partial charge in [-0.1, -0.05) is 19.1 Å². The van der Waals surface area contributed by atoms with Gasteiger partial charge in [0.2, 0.25) is 10.0 Å². The van der Waals surface area contributed by atoms with Gasteiger partial charge >= 0.3 is 0 Å². The standard InChI is InChI=1S/C11H16ClNO3S/c1-3-13(17(15,16)8-12)9(2)10-5-4-6-11(14)7-10/h4-7,9,14H,3,8H2,1-2H3. The van der Waals surface area contributed by atoms with Crippen LogP contribution >= 0.6 is 11.6 Å². The van der Waals surface area contributed by atoms with Crippen LogP contribution in [0.5, 0.6) is 5.75 Å². The Morgan fingerprint density at radius 2 is 2.12 bits per heavy atom. The molecule has 0 aliphatic rings. The number of alkyl halides is 1. The second-order valence-corrected chi connectivity index (χ2v) is 6.20. The summed E-state index contributed by atoms with van der Waals surface area (Å²) in [7, 11) is -3.45. The molecule has 0 fully saturated rings. The van der Waals surface area contributed by atoms with Crippen LogP contribution in [-0.2, 0) is 10.0 Å². The molecule has 0 heterocycles. The molecule has 0 aliphatic heterocycles. The van der Waals surface area contributed by atoms with Crippen molar-refractivity contribution in [3.8, 4) is 5.75 Å². The number of phenolic OH excluding ortho intramolecular Hbond substituents is 1. The van der Waals surface area contributed by atoms with Crippen LogP contribution in [0.3, 0.4) is 0 Å². The molecule has 1 aromatic rings. The highest BCUT2D eigenvalue weighted by Gasteiger charge is 2.25. The Hall–Kier alpha value is -0.780. The first kappa shape index (κ1) is 14.3. The van der Waals surface area contributed by atoms with Crippen LogP contribution in [0.15, 0.2) is 24.3 Å². The Labute approximate surface area is 107 Å². The monoisotopic (exact) mass is 277 g/mol. The van der Waals surface area contributed by atoms with Crippen molar-refractivity contribution >= 4 is 21.6 Å². The molecule has 96 valence electrons. The third-order valence-corrected chi connectivity index (χ3v) is 4.98. The van der Waals surface area contributed by atoms with Gasteiger partial charge in [-0.2, -0.15) is 4.31 Å². The summed E-state index contributed by atoms with van der Waals surface area (Å²) in [5.41, 5.74) is 0.737. The van der Waals surface area contributed by atoms with Gasteiger partial charge in [-0.05, 0) is 24.6 Å². The smallest absolute Gasteiger partial charge is 0.228 e. The largest absolute Gasteiger partial charge is 0.508 e. The average Bonchev–Trinajstić information content (AvgIpc) is 2.29. The van der Waals surface area contributed by atoms with E-state index < -0.39 is 15.2 Å². The molecule has 0 saturated carbocycles. The number of sulfonamides is 1. The van der Waals surface area contributed by atoms with Crippen LogP contribution in [0.1, 0.15) is 25.5 Å². The molecule has 1 aromatic carbocycles. The number of hydrogen-bond donors (Lipinski definition) is 1. The van der Waals surface area contributed by atoms with Crippen molar-refractivity contribution in [2.45, 2.75) is 19.9 Å². The van der Waals surface area contributed by atoms with Crippen LogP contribution in [0.25, 0.3) is 0 Å². The van der Waals surface area contributed by atoms with E-state index in [1.165, 1.54) is 4.31 Å². The molecule has 1 rings (SSSR count). The predicted molar refractivity (Wildman–Crippen MR) is 68.5 cm³/mol. The number of halogens is 1. The minimum absolute atomic E-state index is 0.119. The maximum atomic E-state index is 11.8. The van der Waals surface area contributed by atoms with Crippen LogP contribution in [0.2, 0.25) is 0 Å². The number of nitrogens with zero attached hydrogens (tertiary/aromatic N) is 1. The van der Waals surface area contributed by atoms with E-state index in [9.17, 15) is 13.5 Å². The Morgan fingerprint density at radius 1 is 1.47 bits per heavy atom. The third kappa shape index (κ3) is 3.34. The summed E-state index contributed by atoms with van der Waals surface area (Å²) in [5.74, 6) is 0.119. The number of aromatic hydroxyl groups is 1. The molecule has 17 heavy (non-hydrogen) atoms. The van der Waals surface area contributed by atoms with Crippen LogP contribution in [-0.4, -0.2) is 29.6 Å². The summed E-state index contributed by atoms with van der Waals surface area (Å²) in [6, 6.07) is 6.20. The van der Waals surface area contributed by atoms with Gasteiger partial charge in [0.05, 0.1) is 0 Å². The number of rotatable bonds is 5. The van der Waals surface area contributed by atoms with Gasteiger partial charge in [-0.15, -0.1) is 11.6 Å². The van der Waals surface area contributed by atoms with Crippen molar-refractivity contribution in [2.75, 3.05) is 11.8 Å². The highest BCUT2D eigenvalue weighted by molar-refractivity contribution is 7.90. The van der Waals surface area contributed by atoms with E-state index in [4.69, 9.17) is 11.6 Å². The molecule has 0 aromatic heterocycles. The quantitative estimate of drug-likeness (QED) is 0.840. The minimum Gasteiger partial charge on any atom is -0.508 e. The third-order valence-electron chi connectivity index (χ3n) is 2.59. The minimum atomic E-state index is -3.45. The Morgan fingerprint density at radius 3 is 2.59 bits per heavy atom. The zero-order valence-electron chi connectivity index (χ0n) is 9.80. The first-order valence-electron chi connectivity index (χ1n) is 5.26. The summed E-state index contributed by atoms with van der Waals surface area (Å²) in [5, 5.41) is 8.94. The van der Waals surface area contributed by atoms with Crippen LogP contribution in [0, 0.1) is 0 Å². The summed E-state index contributed by atoms with van der Waals surface area (Å²) in [6.45, 7) is 3.86. The van der Waals surface area contributed by atoms with Gasteiger partial charge in [0.1, 0.15) is 11.0 Å². The van der Waals surface area contributed by atoms with Crippen molar-refractivity contribution < 1.29 is 13.5 Å². The summed E-state index contributed by atoms with van der Waals surface area (Å²) >= 11 is 5.45. The highest BCUT2D eigenvalue weighted by Crippen LogP contribution is 2.25. The van der Waals surface area contributed by atoms with E-state index in [2.05, 4.69) is 0 Å². The summed E-state index contributed by atoms with van der Waals surface area (Å²) in [4.78, 5) is 0. The van der Waals surface area contributed by atoms with Gasteiger partial charge in [0, 0.05) is 12.6 Å². The maximum Gasteiger partial charge on any atom is 0.228 e. The van der Waals surface area contributed by atoms with Crippen LogP contribution in [0.4, 0.5) is 0 Å². The van der Waals surface area contributed by atoms with E-state index in [1.54, 1.807) is 38.1 Å². The Kier molecular flexibility index (Phi) is 4.80. The highest BCUT2D eigenvalue weighted by atomic mass is 35.5. The fourth-order valence-electron chi connectivity index (χ4n) is 1.73. The lowest BCUT2D eigenvalue weighted by atomic mass is 10.1. The lowest BCUT2D eigenvalue weighted by molar-refractivity contribution is 0.358. The van der Waals surface area contributed by atoms with Crippen molar-refractivity contribution in [2.24, 2.45) is 0 Å². The molecule has 1 N–H and O–H groups in total. The average molecular weight is 278 g/mol. The normalized spacial score (nSPS) is 13.9. The lowest BCUT2D eigenvalue weighted by Gasteiger charge is -2.26. The molecular weight excluding hydrogens is 262 g/mol. The Bertz CT molecular complexity index is 475. The number of benzene rings is 1. The molecular formula is C11H16ClNO3S. The molecule has 0 aliphatic carbocycles. The van der Waals surface area contributed by atoms with Crippen molar-refractivity contribution in [3.05, 3.63) is 29.8 Å². The molecule has 0 saturated heterocycles. The SMILES string of the molecule is CCN(C(C)c1cccc(O)c1)S(=O)(=O)CCl. The van der Waals surface area contributed by atoms with Crippen molar-refractivity contribution in [1.82, 2.24) is 4.31 Å². The van der Waals surface area contributed by atoms with E-state index in [-0.39, 0.29) is 11.8 Å². The first-order valence-corrected chi connectivity index (χ1v) is 7.41. The Balaban J connectivity index is 3.06. The molecule has 6 heteroatoms. The predicted octanol–water partition coefficient (Wildman–Crippen LogP) is 2.30. The molecule has 0 radical (unpaired) electrons. The number of hydrogen-bond acceptors (Lipinski definition) is 3. The van der Waals surface area contributed by atoms with Gasteiger partial charge in [-0.25, -0.2) is 8.42 Å². The first-order chi connectivity index (χ1) is 7.92. The van der Waals surface area contributed by atoms with Crippen molar-refractivity contribution in [3.63, 3.8) is 0 Å². The fraction of sp³-hybridized carbons (Fsp3) is 0.455. The van der Waals surface area contributed by atoms with Gasteiger partial charge in [0.15, 0.2) is 0 Å². The van der Waals surface area contributed by atoms with Crippen LogP contribution < -0.4 is 0 Å². The van der Waals surface area contributed by atoms with Gasteiger partial charge < -0.3 is 5.11 Å². The molecule has 1 atom stereocenters. The fourth-order valence-corrected chi connectivity index (χ4v) is 3.22. The van der Waals surface area contributed by atoms with E-state index in [0.717, 1.165) is 5.56 Å². The topological polar surface area (TPSA) is 57.6 Å². The number of phenols is 1. The zero-order valence-corrected chi connectivity index (χ0v) is 11.4. The molecule has 4 nitrogen and oxygen atoms in total. The van der Waals surface area contributed by atoms with E-state index >= 15 is 0 Å². The second kappa shape index (κ2) is 5.71. The van der Waals surface area contributed by atoms with E-state index in [0.29, 0.717) is 6.54 Å². The zero-order chi connectivity index (χ0) is 13.1. The van der Waals surface area contributed by atoms with Gasteiger partial charge in [0.25, 0.3) is 0 Å². The molecule has 0 bridgehead atoms. The summed E-state index contributed by atoms with van der Waals surface area (Å²) in [6.07, 6.45) is 0. The van der Waals surface area contributed by atoms with Crippen molar-refractivity contribution in [1.29, 1.82) is 0 Å². The molecule has 0 spiro atoms.